The Hall–Kier alpha value is -2.48. The predicted octanol–water partition coefficient (Wildman–Crippen LogP) is 1.74. The van der Waals surface area contributed by atoms with E-state index in [1.165, 1.54) is 6.33 Å². The van der Waals surface area contributed by atoms with E-state index in [1.54, 1.807) is 11.0 Å². The number of carbonyl (C=O) groups excluding carboxylic acids is 1. The summed E-state index contributed by atoms with van der Waals surface area (Å²) in [6, 6.07) is 10.8. The normalized spacial score (nSPS) is 18.7. The van der Waals surface area contributed by atoms with E-state index in [0.29, 0.717) is 18.8 Å². The molecule has 3 rings (SSSR count). The van der Waals surface area contributed by atoms with E-state index in [1.807, 2.05) is 37.3 Å². The lowest BCUT2D eigenvalue weighted by Gasteiger charge is -2.21. The largest absolute Gasteiger partial charge is 0.366 e. The third-order valence-electron chi connectivity index (χ3n) is 4.10. The number of hydrogen-bond acceptors (Lipinski definition) is 6. The van der Waals surface area contributed by atoms with Gasteiger partial charge in [0.05, 0.1) is 11.5 Å². The van der Waals surface area contributed by atoms with Crippen LogP contribution in [0.1, 0.15) is 23.8 Å². The number of para-hydroxylation sites is 1. The summed E-state index contributed by atoms with van der Waals surface area (Å²) in [7, 11) is -2.98. The van der Waals surface area contributed by atoms with Crippen LogP contribution in [0.5, 0.6) is 0 Å². The van der Waals surface area contributed by atoms with Gasteiger partial charge in [-0.15, -0.1) is 0 Å². The van der Waals surface area contributed by atoms with Crippen molar-refractivity contribution in [2.24, 2.45) is 0 Å². The van der Waals surface area contributed by atoms with Gasteiger partial charge in [-0.25, -0.2) is 18.4 Å². The van der Waals surface area contributed by atoms with Crippen molar-refractivity contribution in [3.05, 3.63) is 48.4 Å². The number of nitrogens with zero attached hydrogens (tertiary/aromatic N) is 3. The van der Waals surface area contributed by atoms with Gasteiger partial charge in [-0.2, -0.15) is 0 Å². The van der Waals surface area contributed by atoms with Crippen LogP contribution in [0.15, 0.2) is 42.7 Å². The number of aromatic nitrogens is 2. The van der Waals surface area contributed by atoms with Gasteiger partial charge in [-0.1, -0.05) is 18.2 Å². The Labute approximate surface area is 147 Å². The second kappa shape index (κ2) is 7.18. The SMILES string of the molecule is CCN(C(=O)c1cc(NC2CCS(=O)(=O)C2)ncn1)c1ccccc1. The molecule has 1 amide bonds. The minimum atomic E-state index is -2.98. The number of benzene rings is 1. The summed E-state index contributed by atoms with van der Waals surface area (Å²) in [4.78, 5) is 22.6. The lowest BCUT2D eigenvalue weighted by molar-refractivity contribution is 0.0983. The first-order valence-electron chi connectivity index (χ1n) is 8.14. The van der Waals surface area contributed by atoms with Crippen molar-refractivity contribution < 1.29 is 13.2 Å². The number of hydrogen-bond donors (Lipinski definition) is 1. The van der Waals surface area contributed by atoms with Gasteiger partial charge in [0.25, 0.3) is 5.91 Å². The number of sulfone groups is 1. The van der Waals surface area contributed by atoms with Gasteiger partial charge in [0, 0.05) is 24.3 Å². The highest BCUT2D eigenvalue weighted by Crippen LogP contribution is 2.19. The van der Waals surface area contributed by atoms with Crippen LogP contribution in [-0.2, 0) is 9.84 Å². The highest BCUT2D eigenvalue weighted by Gasteiger charge is 2.28. The molecule has 1 N–H and O–H groups in total. The minimum Gasteiger partial charge on any atom is -0.366 e. The lowest BCUT2D eigenvalue weighted by atomic mass is 10.2. The van der Waals surface area contributed by atoms with E-state index in [0.717, 1.165) is 5.69 Å². The lowest BCUT2D eigenvalue weighted by Crippen LogP contribution is -2.31. The Balaban J connectivity index is 1.77. The molecule has 1 aliphatic heterocycles. The highest BCUT2D eigenvalue weighted by molar-refractivity contribution is 7.91. The van der Waals surface area contributed by atoms with E-state index in [9.17, 15) is 13.2 Å². The molecule has 1 aromatic carbocycles. The molecule has 8 heteroatoms. The van der Waals surface area contributed by atoms with Crippen LogP contribution in [0.3, 0.4) is 0 Å². The summed E-state index contributed by atoms with van der Waals surface area (Å²) in [6.07, 6.45) is 1.86. The van der Waals surface area contributed by atoms with E-state index >= 15 is 0 Å². The maximum absolute atomic E-state index is 12.8. The Morgan fingerprint density at radius 2 is 2.04 bits per heavy atom. The maximum atomic E-state index is 12.8. The van der Waals surface area contributed by atoms with Crippen molar-refractivity contribution in [3.63, 3.8) is 0 Å². The Kier molecular flexibility index (Phi) is 4.98. The fourth-order valence-electron chi connectivity index (χ4n) is 2.86. The van der Waals surface area contributed by atoms with Crippen LogP contribution >= 0.6 is 0 Å². The quantitative estimate of drug-likeness (QED) is 0.873. The average molecular weight is 360 g/mol. The van der Waals surface area contributed by atoms with Crippen molar-refractivity contribution in [3.8, 4) is 0 Å². The van der Waals surface area contributed by atoms with Crippen molar-refractivity contribution >= 4 is 27.2 Å². The standard InChI is InChI=1S/C17H20N4O3S/c1-2-21(14-6-4-3-5-7-14)17(22)15-10-16(19-12-18-15)20-13-8-9-25(23,24)11-13/h3-7,10,12-13H,2,8-9,11H2,1H3,(H,18,19,20). The van der Waals surface area contributed by atoms with Gasteiger partial charge in [0.15, 0.2) is 9.84 Å². The van der Waals surface area contributed by atoms with Crippen molar-refractivity contribution in [2.75, 3.05) is 28.3 Å². The Morgan fingerprint density at radius 3 is 2.68 bits per heavy atom. The first-order chi connectivity index (χ1) is 12.0. The summed E-state index contributed by atoms with van der Waals surface area (Å²) in [5, 5.41) is 3.09. The summed E-state index contributed by atoms with van der Waals surface area (Å²) >= 11 is 0. The predicted molar refractivity (Wildman–Crippen MR) is 96.5 cm³/mol. The first-order valence-corrected chi connectivity index (χ1v) is 9.96. The van der Waals surface area contributed by atoms with Crippen LogP contribution in [0, 0.1) is 0 Å². The molecule has 0 bridgehead atoms. The molecule has 0 radical (unpaired) electrons. The molecule has 2 aromatic rings. The molecule has 132 valence electrons. The molecule has 1 fully saturated rings. The van der Waals surface area contributed by atoms with Crippen molar-refractivity contribution in [2.45, 2.75) is 19.4 Å². The molecule has 1 aliphatic rings. The first kappa shape index (κ1) is 17.3. The molecule has 1 unspecified atom stereocenters. The van der Waals surface area contributed by atoms with Crippen molar-refractivity contribution in [1.29, 1.82) is 0 Å². The number of anilines is 2. The zero-order valence-electron chi connectivity index (χ0n) is 13.9. The molecular formula is C17H20N4O3S. The molecular weight excluding hydrogens is 340 g/mol. The van der Waals surface area contributed by atoms with E-state index in [4.69, 9.17) is 0 Å². The van der Waals surface area contributed by atoms with E-state index < -0.39 is 9.84 Å². The van der Waals surface area contributed by atoms with Gasteiger partial charge >= 0.3 is 0 Å². The van der Waals surface area contributed by atoms with Gasteiger partial charge in [-0.05, 0) is 25.5 Å². The molecule has 7 nitrogen and oxygen atoms in total. The molecule has 1 aromatic heterocycles. The fourth-order valence-corrected chi connectivity index (χ4v) is 4.53. The van der Waals surface area contributed by atoms with E-state index in [2.05, 4.69) is 15.3 Å². The second-order valence-electron chi connectivity index (χ2n) is 5.92. The zero-order valence-corrected chi connectivity index (χ0v) is 14.7. The van der Waals surface area contributed by atoms with Crippen LogP contribution in [-0.4, -0.2) is 48.4 Å². The average Bonchev–Trinajstić information content (AvgIpc) is 2.95. The zero-order chi connectivity index (χ0) is 17.9. The van der Waals surface area contributed by atoms with Gasteiger partial charge in [0.2, 0.25) is 0 Å². The third-order valence-corrected chi connectivity index (χ3v) is 5.87. The number of rotatable bonds is 5. The second-order valence-corrected chi connectivity index (χ2v) is 8.15. The highest BCUT2D eigenvalue weighted by atomic mass is 32.2. The molecule has 0 aliphatic carbocycles. The number of nitrogens with one attached hydrogen (secondary N) is 1. The number of carbonyl (C=O) groups is 1. The number of amides is 1. The molecule has 0 saturated carbocycles. The molecule has 1 saturated heterocycles. The van der Waals surface area contributed by atoms with Crippen LogP contribution in [0.4, 0.5) is 11.5 Å². The minimum absolute atomic E-state index is 0.0887. The van der Waals surface area contributed by atoms with Gasteiger partial charge in [0.1, 0.15) is 17.8 Å². The summed E-state index contributed by atoms with van der Waals surface area (Å²) in [6.45, 7) is 2.41. The smallest absolute Gasteiger partial charge is 0.277 e. The van der Waals surface area contributed by atoms with Crippen LogP contribution in [0.25, 0.3) is 0 Å². The molecule has 0 spiro atoms. The molecule has 2 heterocycles. The maximum Gasteiger partial charge on any atom is 0.277 e. The summed E-state index contributed by atoms with van der Waals surface area (Å²) in [5.74, 6) is 0.507. The Bertz CT molecular complexity index is 855. The summed E-state index contributed by atoms with van der Waals surface area (Å²) in [5.41, 5.74) is 1.06. The summed E-state index contributed by atoms with van der Waals surface area (Å²) < 4.78 is 23.1. The topological polar surface area (TPSA) is 92.3 Å². The monoisotopic (exact) mass is 360 g/mol. The van der Waals surface area contributed by atoms with Crippen molar-refractivity contribution in [1.82, 2.24) is 9.97 Å². The van der Waals surface area contributed by atoms with Gasteiger partial charge < -0.3 is 10.2 Å². The fraction of sp³-hybridized carbons (Fsp3) is 0.353. The molecule has 25 heavy (non-hydrogen) atoms. The molecule has 1 atom stereocenters. The Morgan fingerprint density at radius 1 is 1.28 bits per heavy atom. The van der Waals surface area contributed by atoms with Crippen LogP contribution < -0.4 is 10.2 Å². The van der Waals surface area contributed by atoms with E-state index in [-0.39, 0.29) is 29.1 Å². The van der Waals surface area contributed by atoms with Crippen LogP contribution in [0.2, 0.25) is 0 Å². The van der Waals surface area contributed by atoms with Gasteiger partial charge in [-0.3, -0.25) is 4.79 Å². The third kappa shape index (κ3) is 4.14.